The van der Waals surface area contributed by atoms with Gasteiger partial charge in [0.25, 0.3) is 0 Å². The molecule has 3 rings (SSSR count). The highest BCUT2D eigenvalue weighted by Gasteiger charge is 2.44. The minimum Gasteiger partial charge on any atom is -0.391 e. The summed E-state index contributed by atoms with van der Waals surface area (Å²) >= 11 is 1.58. The highest BCUT2D eigenvalue weighted by molar-refractivity contribution is 7.13. The van der Waals surface area contributed by atoms with Crippen LogP contribution in [0.1, 0.15) is 44.9 Å². The van der Waals surface area contributed by atoms with Crippen molar-refractivity contribution in [2.75, 3.05) is 39.5 Å². The SMILES string of the molecule is Cc1ncsc1-c1ccc(CNC(=O)[C@@H]2C[C@@H](O)CN2C(=O)C(NC(=O)CCOCCOCCN)C(C)(C)C)cc1. The molecular weight excluding hydrogens is 546 g/mol. The number of thiazole rings is 1. The summed E-state index contributed by atoms with van der Waals surface area (Å²) in [7, 11) is 0. The van der Waals surface area contributed by atoms with Gasteiger partial charge in [-0.05, 0) is 23.5 Å². The van der Waals surface area contributed by atoms with Gasteiger partial charge in [-0.2, -0.15) is 0 Å². The van der Waals surface area contributed by atoms with Gasteiger partial charge in [-0.3, -0.25) is 14.4 Å². The number of carbonyl (C=O) groups is 3. The third-order valence-corrected chi connectivity index (χ3v) is 7.80. The van der Waals surface area contributed by atoms with E-state index < -0.39 is 29.5 Å². The van der Waals surface area contributed by atoms with Gasteiger partial charge in [0.05, 0.1) is 48.6 Å². The van der Waals surface area contributed by atoms with Crippen LogP contribution in [0.4, 0.5) is 0 Å². The van der Waals surface area contributed by atoms with Crippen molar-refractivity contribution in [3.05, 3.63) is 41.0 Å². The number of aryl methyl sites for hydroxylation is 1. The molecule has 5 N–H and O–H groups in total. The van der Waals surface area contributed by atoms with Crippen LogP contribution in [-0.2, 0) is 30.4 Å². The fraction of sp³-hybridized carbons (Fsp3) is 0.586. The Morgan fingerprint density at radius 2 is 1.83 bits per heavy atom. The van der Waals surface area contributed by atoms with Gasteiger partial charge in [0.1, 0.15) is 12.1 Å². The van der Waals surface area contributed by atoms with Crippen molar-refractivity contribution in [2.24, 2.45) is 11.1 Å². The molecule has 3 atom stereocenters. The van der Waals surface area contributed by atoms with Crippen molar-refractivity contribution in [2.45, 2.75) is 65.3 Å². The number of hydrogen-bond donors (Lipinski definition) is 4. The Kier molecular flexibility index (Phi) is 12.2. The lowest BCUT2D eigenvalue weighted by molar-refractivity contribution is -0.144. The molecule has 1 aliphatic heterocycles. The molecule has 226 valence electrons. The van der Waals surface area contributed by atoms with Crippen molar-refractivity contribution >= 4 is 29.1 Å². The van der Waals surface area contributed by atoms with E-state index in [1.807, 2.05) is 57.5 Å². The van der Waals surface area contributed by atoms with E-state index in [9.17, 15) is 19.5 Å². The summed E-state index contributed by atoms with van der Waals surface area (Å²) in [5.41, 5.74) is 9.50. The molecule has 2 heterocycles. The molecule has 3 amide bonds. The predicted octanol–water partition coefficient (Wildman–Crippen LogP) is 1.61. The van der Waals surface area contributed by atoms with E-state index in [-0.39, 0.29) is 44.4 Å². The van der Waals surface area contributed by atoms with Gasteiger partial charge < -0.3 is 35.8 Å². The molecule has 12 heteroatoms. The van der Waals surface area contributed by atoms with Gasteiger partial charge in [0, 0.05) is 32.5 Å². The summed E-state index contributed by atoms with van der Waals surface area (Å²) in [5, 5.41) is 16.1. The zero-order chi connectivity index (χ0) is 30.0. The van der Waals surface area contributed by atoms with Crippen molar-refractivity contribution in [1.82, 2.24) is 20.5 Å². The monoisotopic (exact) mass is 589 g/mol. The van der Waals surface area contributed by atoms with Gasteiger partial charge in [0.15, 0.2) is 0 Å². The number of likely N-dealkylation sites (tertiary alicyclic amines) is 1. The maximum atomic E-state index is 13.7. The zero-order valence-corrected chi connectivity index (χ0v) is 25.2. The molecular formula is C29H43N5O6S. The molecule has 1 saturated heterocycles. The Hall–Kier alpha value is -2.90. The molecule has 11 nitrogen and oxygen atoms in total. The van der Waals surface area contributed by atoms with E-state index in [1.54, 1.807) is 11.3 Å². The number of nitrogens with two attached hydrogens (primary N) is 1. The lowest BCUT2D eigenvalue weighted by Gasteiger charge is -2.35. The number of aliphatic hydroxyl groups excluding tert-OH is 1. The first-order chi connectivity index (χ1) is 19.5. The smallest absolute Gasteiger partial charge is 0.246 e. The van der Waals surface area contributed by atoms with Crippen molar-refractivity contribution in [3.63, 3.8) is 0 Å². The highest BCUT2D eigenvalue weighted by atomic mass is 32.1. The largest absolute Gasteiger partial charge is 0.391 e. The molecule has 1 aliphatic rings. The third kappa shape index (κ3) is 9.57. The number of benzene rings is 1. The van der Waals surface area contributed by atoms with E-state index in [0.29, 0.717) is 26.4 Å². The summed E-state index contributed by atoms with van der Waals surface area (Å²) < 4.78 is 10.7. The number of rotatable bonds is 14. The lowest BCUT2D eigenvalue weighted by Crippen LogP contribution is -2.57. The quantitative estimate of drug-likeness (QED) is 0.242. The third-order valence-electron chi connectivity index (χ3n) is 6.82. The van der Waals surface area contributed by atoms with Crippen LogP contribution in [0.2, 0.25) is 0 Å². The molecule has 2 aromatic rings. The lowest BCUT2D eigenvalue weighted by atomic mass is 9.85. The predicted molar refractivity (Wildman–Crippen MR) is 157 cm³/mol. The van der Waals surface area contributed by atoms with E-state index in [2.05, 4.69) is 15.6 Å². The average molecular weight is 590 g/mol. The van der Waals surface area contributed by atoms with Crippen LogP contribution >= 0.6 is 11.3 Å². The summed E-state index contributed by atoms with van der Waals surface area (Å²) in [5.74, 6) is -1.08. The van der Waals surface area contributed by atoms with Gasteiger partial charge in [-0.1, -0.05) is 45.0 Å². The van der Waals surface area contributed by atoms with E-state index in [4.69, 9.17) is 15.2 Å². The van der Waals surface area contributed by atoms with Crippen molar-refractivity contribution in [1.29, 1.82) is 0 Å². The number of amides is 3. The first-order valence-electron chi connectivity index (χ1n) is 13.9. The molecule has 0 aliphatic carbocycles. The maximum absolute atomic E-state index is 13.7. The molecule has 1 fully saturated rings. The van der Waals surface area contributed by atoms with Gasteiger partial charge in [-0.15, -0.1) is 11.3 Å². The van der Waals surface area contributed by atoms with Gasteiger partial charge in [0.2, 0.25) is 17.7 Å². The molecule has 41 heavy (non-hydrogen) atoms. The van der Waals surface area contributed by atoms with Crippen LogP contribution in [0.25, 0.3) is 10.4 Å². The summed E-state index contributed by atoms with van der Waals surface area (Å²) in [4.78, 5) is 46.3. The summed E-state index contributed by atoms with van der Waals surface area (Å²) in [6.45, 7) is 9.61. The number of nitrogens with one attached hydrogen (secondary N) is 2. The minimum atomic E-state index is -0.883. The van der Waals surface area contributed by atoms with E-state index in [0.717, 1.165) is 21.7 Å². The number of nitrogens with zero attached hydrogens (tertiary/aromatic N) is 2. The first-order valence-corrected chi connectivity index (χ1v) is 14.8. The molecule has 0 radical (unpaired) electrons. The Bertz CT molecular complexity index is 1150. The number of hydrogen-bond acceptors (Lipinski definition) is 9. The van der Waals surface area contributed by atoms with Crippen LogP contribution in [0.15, 0.2) is 29.8 Å². The highest BCUT2D eigenvalue weighted by Crippen LogP contribution is 2.28. The maximum Gasteiger partial charge on any atom is 0.246 e. The van der Waals surface area contributed by atoms with Crippen molar-refractivity contribution < 1.29 is 29.0 Å². The van der Waals surface area contributed by atoms with Crippen LogP contribution < -0.4 is 16.4 Å². The van der Waals surface area contributed by atoms with Crippen LogP contribution in [0, 0.1) is 12.3 Å². The van der Waals surface area contributed by atoms with E-state index >= 15 is 0 Å². The van der Waals surface area contributed by atoms with Crippen LogP contribution in [-0.4, -0.2) is 90.4 Å². The molecule has 1 aromatic carbocycles. The minimum absolute atomic E-state index is 0.0220. The normalized spacial score (nSPS) is 17.9. The number of ether oxygens (including phenoxy) is 2. The number of β-amino-alcohol motifs (C(OH)–C–C–N with tert-alkyl or cyclic N) is 1. The second-order valence-corrected chi connectivity index (χ2v) is 12.1. The van der Waals surface area contributed by atoms with Gasteiger partial charge >= 0.3 is 0 Å². The fourth-order valence-corrected chi connectivity index (χ4v) is 5.40. The number of aliphatic hydroxyl groups is 1. The second kappa shape index (κ2) is 15.4. The summed E-state index contributed by atoms with van der Waals surface area (Å²) in [6, 6.07) is 6.16. The Morgan fingerprint density at radius 3 is 2.44 bits per heavy atom. The second-order valence-electron chi connectivity index (χ2n) is 11.2. The Morgan fingerprint density at radius 1 is 1.15 bits per heavy atom. The average Bonchev–Trinajstić information content (AvgIpc) is 3.54. The van der Waals surface area contributed by atoms with Crippen molar-refractivity contribution in [3.8, 4) is 10.4 Å². The number of carbonyl (C=O) groups excluding carboxylic acids is 3. The fourth-order valence-electron chi connectivity index (χ4n) is 4.58. The number of aromatic nitrogens is 1. The molecule has 1 unspecified atom stereocenters. The molecule has 0 saturated carbocycles. The summed E-state index contributed by atoms with van der Waals surface area (Å²) in [6.07, 6.45) is -0.626. The molecule has 0 bridgehead atoms. The Labute approximate surface area is 245 Å². The first kappa shape index (κ1) is 32.6. The zero-order valence-electron chi connectivity index (χ0n) is 24.4. The van der Waals surface area contributed by atoms with Gasteiger partial charge in [-0.25, -0.2) is 4.98 Å². The topological polar surface area (TPSA) is 156 Å². The molecule has 1 aromatic heterocycles. The Balaban J connectivity index is 1.57. The van der Waals surface area contributed by atoms with Crippen LogP contribution in [0.3, 0.4) is 0 Å². The van der Waals surface area contributed by atoms with E-state index in [1.165, 1.54) is 4.90 Å². The molecule has 0 spiro atoms. The van der Waals surface area contributed by atoms with Crippen LogP contribution in [0.5, 0.6) is 0 Å². The standard InChI is InChI=1S/C29H43N5O6S/c1-19-25(41-18-32-19)21-7-5-20(6-8-21)16-31-27(37)23-15-22(35)17-34(23)28(38)26(29(2,3)4)33-24(36)9-11-39-13-14-40-12-10-30/h5-8,18,22-23,26,35H,9-17,30H2,1-4H3,(H,31,37)(H,33,36)/t22-,23+,26?/m1/s1.